The second-order valence-electron chi connectivity index (χ2n) is 3.12. The standard InChI is InChI=1S/C9H12ClNOS/c10-8-5-9(13-7-8)6-11-1-3-12-4-2-11/h5,7H,1-4,6H2. The van der Waals surface area contributed by atoms with Crippen molar-refractivity contribution in [1.29, 1.82) is 0 Å². The van der Waals surface area contributed by atoms with Gasteiger partial charge >= 0.3 is 0 Å². The van der Waals surface area contributed by atoms with Gasteiger partial charge in [-0.1, -0.05) is 11.6 Å². The lowest BCUT2D eigenvalue weighted by molar-refractivity contribution is 0.0346. The highest BCUT2D eigenvalue weighted by Crippen LogP contribution is 2.20. The predicted molar refractivity (Wildman–Crippen MR) is 55.4 cm³/mol. The van der Waals surface area contributed by atoms with Gasteiger partial charge in [-0.15, -0.1) is 11.3 Å². The van der Waals surface area contributed by atoms with E-state index in [-0.39, 0.29) is 0 Å². The van der Waals surface area contributed by atoms with Crippen LogP contribution in [0.3, 0.4) is 0 Å². The summed E-state index contributed by atoms with van der Waals surface area (Å²) in [5, 5.41) is 2.84. The van der Waals surface area contributed by atoms with Gasteiger partial charge in [-0.05, 0) is 6.07 Å². The van der Waals surface area contributed by atoms with Gasteiger partial charge < -0.3 is 4.74 Å². The third kappa shape index (κ3) is 2.68. The highest BCUT2D eigenvalue weighted by Gasteiger charge is 2.11. The van der Waals surface area contributed by atoms with Crippen molar-refractivity contribution in [2.45, 2.75) is 6.54 Å². The Bertz CT molecular complexity index is 270. The molecule has 2 rings (SSSR count). The van der Waals surface area contributed by atoms with E-state index in [1.807, 2.05) is 11.4 Å². The maximum atomic E-state index is 5.85. The largest absolute Gasteiger partial charge is 0.379 e. The van der Waals surface area contributed by atoms with E-state index in [1.165, 1.54) is 4.88 Å². The molecule has 4 heteroatoms. The van der Waals surface area contributed by atoms with Crippen LogP contribution in [0.25, 0.3) is 0 Å². The number of nitrogens with zero attached hydrogens (tertiary/aromatic N) is 1. The first-order valence-corrected chi connectivity index (χ1v) is 5.63. The smallest absolute Gasteiger partial charge is 0.0594 e. The molecule has 1 aromatic heterocycles. The van der Waals surface area contributed by atoms with Crippen molar-refractivity contribution in [2.24, 2.45) is 0 Å². The molecule has 0 bridgehead atoms. The molecule has 1 aromatic rings. The molecule has 2 heterocycles. The Morgan fingerprint density at radius 3 is 2.85 bits per heavy atom. The first-order valence-electron chi connectivity index (χ1n) is 4.37. The molecule has 0 radical (unpaired) electrons. The highest BCUT2D eigenvalue weighted by molar-refractivity contribution is 7.10. The first kappa shape index (κ1) is 9.46. The van der Waals surface area contributed by atoms with Gasteiger partial charge in [-0.25, -0.2) is 0 Å². The molecule has 1 fully saturated rings. The van der Waals surface area contributed by atoms with Crippen LogP contribution in [0.15, 0.2) is 11.4 Å². The number of morpholine rings is 1. The first-order chi connectivity index (χ1) is 6.34. The van der Waals surface area contributed by atoms with E-state index in [2.05, 4.69) is 4.90 Å². The SMILES string of the molecule is Clc1csc(CN2CCOCC2)c1. The molecule has 0 N–H and O–H groups in total. The Morgan fingerprint density at radius 2 is 2.23 bits per heavy atom. The fourth-order valence-electron chi connectivity index (χ4n) is 1.42. The molecule has 0 atom stereocenters. The van der Waals surface area contributed by atoms with E-state index in [4.69, 9.17) is 16.3 Å². The summed E-state index contributed by atoms with van der Waals surface area (Å²) in [5.41, 5.74) is 0. The summed E-state index contributed by atoms with van der Waals surface area (Å²) in [4.78, 5) is 3.73. The van der Waals surface area contributed by atoms with E-state index >= 15 is 0 Å². The van der Waals surface area contributed by atoms with Gasteiger partial charge in [0.15, 0.2) is 0 Å². The summed E-state index contributed by atoms with van der Waals surface area (Å²) in [6.07, 6.45) is 0. The van der Waals surface area contributed by atoms with E-state index in [0.29, 0.717) is 0 Å². The lowest BCUT2D eigenvalue weighted by Crippen LogP contribution is -2.35. The average molecular weight is 218 g/mol. The summed E-state index contributed by atoms with van der Waals surface area (Å²) in [6.45, 7) is 4.81. The van der Waals surface area contributed by atoms with Crippen LogP contribution < -0.4 is 0 Å². The topological polar surface area (TPSA) is 12.5 Å². The number of halogens is 1. The Balaban J connectivity index is 1.89. The molecule has 1 saturated heterocycles. The minimum atomic E-state index is 0.855. The Morgan fingerprint density at radius 1 is 1.46 bits per heavy atom. The number of hydrogen-bond acceptors (Lipinski definition) is 3. The van der Waals surface area contributed by atoms with E-state index in [1.54, 1.807) is 11.3 Å². The fourth-order valence-corrected chi connectivity index (χ4v) is 2.53. The van der Waals surface area contributed by atoms with Crippen LogP contribution in [-0.4, -0.2) is 31.2 Å². The normalized spacial score (nSPS) is 19.2. The van der Waals surface area contributed by atoms with Gasteiger partial charge in [0.1, 0.15) is 0 Å². The minimum absolute atomic E-state index is 0.855. The van der Waals surface area contributed by atoms with Crippen molar-refractivity contribution in [3.05, 3.63) is 21.3 Å². The monoisotopic (exact) mass is 217 g/mol. The molecule has 0 saturated carbocycles. The molecule has 0 unspecified atom stereocenters. The van der Waals surface area contributed by atoms with E-state index in [9.17, 15) is 0 Å². The van der Waals surface area contributed by atoms with E-state index in [0.717, 1.165) is 37.9 Å². The molecule has 1 aliphatic rings. The summed E-state index contributed by atoms with van der Waals surface area (Å²) >= 11 is 7.57. The summed E-state index contributed by atoms with van der Waals surface area (Å²) in [6, 6.07) is 2.04. The molecule has 0 aliphatic carbocycles. The third-order valence-corrected chi connectivity index (χ3v) is 3.37. The number of thiophene rings is 1. The van der Waals surface area contributed by atoms with Crippen LogP contribution in [0.1, 0.15) is 4.88 Å². The zero-order valence-electron chi connectivity index (χ0n) is 7.33. The summed E-state index contributed by atoms with van der Waals surface area (Å²) in [7, 11) is 0. The molecule has 2 nitrogen and oxygen atoms in total. The molecular weight excluding hydrogens is 206 g/mol. The lowest BCUT2D eigenvalue weighted by Gasteiger charge is -2.25. The van der Waals surface area contributed by atoms with Crippen LogP contribution in [-0.2, 0) is 11.3 Å². The van der Waals surface area contributed by atoms with Gasteiger partial charge in [0.25, 0.3) is 0 Å². The zero-order valence-corrected chi connectivity index (χ0v) is 8.90. The van der Waals surface area contributed by atoms with E-state index < -0.39 is 0 Å². The van der Waals surface area contributed by atoms with Crippen LogP contribution in [0.5, 0.6) is 0 Å². The van der Waals surface area contributed by atoms with Crippen LogP contribution in [0.2, 0.25) is 5.02 Å². The highest BCUT2D eigenvalue weighted by atomic mass is 35.5. The molecule has 0 amide bonds. The van der Waals surface area contributed by atoms with Crippen LogP contribution in [0, 0.1) is 0 Å². The molecular formula is C9H12ClNOS. The maximum Gasteiger partial charge on any atom is 0.0594 e. The van der Waals surface area contributed by atoms with Crippen LogP contribution in [0.4, 0.5) is 0 Å². The van der Waals surface area contributed by atoms with Gasteiger partial charge in [0, 0.05) is 29.9 Å². The molecule has 0 spiro atoms. The van der Waals surface area contributed by atoms with Gasteiger partial charge in [0.2, 0.25) is 0 Å². The maximum absolute atomic E-state index is 5.85. The Labute approximate surface area is 87.1 Å². The van der Waals surface area contributed by atoms with Crippen molar-refractivity contribution in [2.75, 3.05) is 26.3 Å². The number of ether oxygens (including phenoxy) is 1. The Kier molecular flexibility index (Phi) is 3.22. The summed E-state index contributed by atoms with van der Waals surface area (Å²) < 4.78 is 5.28. The second kappa shape index (κ2) is 4.42. The zero-order chi connectivity index (χ0) is 9.10. The predicted octanol–water partition coefficient (Wildman–Crippen LogP) is 2.23. The molecule has 13 heavy (non-hydrogen) atoms. The molecule has 1 aliphatic heterocycles. The second-order valence-corrected chi connectivity index (χ2v) is 4.55. The van der Waals surface area contributed by atoms with Crippen molar-refractivity contribution in [1.82, 2.24) is 4.90 Å². The average Bonchev–Trinajstić information content (AvgIpc) is 2.53. The van der Waals surface area contributed by atoms with Crippen molar-refractivity contribution < 1.29 is 4.74 Å². The lowest BCUT2D eigenvalue weighted by atomic mass is 10.4. The minimum Gasteiger partial charge on any atom is -0.379 e. The fraction of sp³-hybridized carbons (Fsp3) is 0.556. The number of rotatable bonds is 2. The quantitative estimate of drug-likeness (QED) is 0.754. The number of hydrogen-bond donors (Lipinski definition) is 0. The van der Waals surface area contributed by atoms with Crippen molar-refractivity contribution in [3.63, 3.8) is 0 Å². The summed E-state index contributed by atoms with van der Waals surface area (Å²) in [5.74, 6) is 0. The molecule has 72 valence electrons. The van der Waals surface area contributed by atoms with Gasteiger partial charge in [0.05, 0.1) is 18.2 Å². The van der Waals surface area contributed by atoms with Gasteiger partial charge in [-0.2, -0.15) is 0 Å². The Hall–Kier alpha value is -0.0900. The van der Waals surface area contributed by atoms with Gasteiger partial charge in [-0.3, -0.25) is 4.90 Å². The third-order valence-electron chi connectivity index (χ3n) is 2.10. The van der Waals surface area contributed by atoms with Crippen molar-refractivity contribution in [3.8, 4) is 0 Å². The molecule has 0 aromatic carbocycles. The van der Waals surface area contributed by atoms with Crippen molar-refractivity contribution >= 4 is 22.9 Å². The van der Waals surface area contributed by atoms with Crippen LogP contribution >= 0.6 is 22.9 Å².